The van der Waals surface area contributed by atoms with Crippen LogP contribution in [0, 0.1) is 11.3 Å². The molecule has 0 saturated heterocycles. The first-order valence-electron chi connectivity index (χ1n) is 7.55. The van der Waals surface area contributed by atoms with E-state index in [0.717, 1.165) is 25.7 Å². The normalized spacial score (nSPS) is 19.9. The lowest BCUT2D eigenvalue weighted by Crippen LogP contribution is -2.42. The smallest absolute Gasteiger partial charge is 0.312 e. The molecule has 0 bridgehead atoms. The lowest BCUT2D eigenvalue weighted by Gasteiger charge is -2.40. The maximum absolute atomic E-state index is 12.3. The van der Waals surface area contributed by atoms with E-state index >= 15 is 0 Å². The molecular formula is C16H30O2. The van der Waals surface area contributed by atoms with E-state index in [-0.39, 0.29) is 17.0 Å². The molecule has 1 saturated carbocycles. The largest absolute Gasteiger partial charge is 0.459 e. The Bertz CT molecular complexity index is 273. The van der Waals surface area contributed by atoms with Gasteiger partial charge in [0.05, 0.1) is 5.41 Å². The first-order valence-corrected chi connectivity index (χ1v) is 7.55. The fourth-order valence-corrected chi connectivity index (χ4v) is 2.77. The van der Waals surface area contributed by atoms with Gasteiger partial charge in [-0.1, -0.05) is 27.2 Å². The van der Waals surface area contributed by atoms with Crippen molar-refractivity contribution in [3.8, 4) is 0 Å². The van der Waals surface area contributed by atoms with Crippen molar-refractivity contribution in [2.24, 2.45) is 11.3 Å². The molecule has 1 aliphatic carbocycles. The van der Waals surface area contributed by atoms with Gasteiger partial charge in [-0.3, -0.25) is 4.79 Å². The maximum Gasteiger partial charge on any atom is 0.312 e. The fraction of sp³-hybridized carbons (Fsp3) is 0.938. The molecule has 0 heterocycles. The third kappa shape index (κ3) is 4.00. The Morgan fingerprint density at radius 3 is 2.22 bits per heavy atom. The van der Waals surface area contributed by atoms with Crippen LogP contribution in [0.3, 0.4) is 0 Å². The van der Waals surface area contributed by atoms with Crippen LogP contribution < -0.4 is 0 Å². The number of rotatable bonds is 5. The summed E-state index contributed by atoms with van der Waals surface area (Å²) < 4.78 is 6.01. The van der Waals surface area contributed by atoms with E-state index in [1.165, 1.54) is 19.3 Å². The summed E-state index contributed by atoms with van der Waals surface area (Å²) in [6.45, 7) is 10.5. The Kier molecular flexibility index (Phi) is 5.24. The Labute approximate surface area is 112 Å². The van der Waals surface area contributed by atoms with Gasteiger partial charge >= 0.3 is 5.97 Å². The Hall–Kier alpha value is -0.530. The van der Waals surface area contributed by atoms with Crippen molar-refractivity contribution in [2.75, 3.05) is 0 Å². The molecule has 0 N–H and O–H groups in total. The molecule has 106 valence electrons. The predicted octanol–water partition coefficient (Wildman–Crippen LogP) is 4.71. The topological polar surface area (TPSA) is 26.3 Å². The summed E-state index contributed by atoms with van der Waals surface area (Å²) in [4.78, 5) is 12.3. The highest BCUT2D eigenvalue weighted by Crippen LogP contribution is 2.39. The third-order valence-corrected chi connectivity index (χ3v) is 4.29. The van der Waals surface area contributed by atoms with Gasteiger partial charge in [0.25, 0.3) is 0 Å². The van der Waals surface area contributed by atoms with Crippen molar-refractivity contribution in [2.45, 2.75) is 85.2 Å². The molecule has 0 radical (unpaired) electrons. The van der Waals surface area contributed by atoms with E-state index in [1.54, 1.807) is 0 Å². The van der Waals surface area contributed by atoms with Crippen LogP contribution >= 0.6 is 0 Å². The van der Waals surface area contributed by atoms with Gasteiger partial charge in [0.15, 0.2) is 0 Å². The van der Waals surface area contributed by atoms with Crippen molar-refractivity contribution < 1.29 is 9.53 Å². The summed E-state index contributed by atoms with van der Waals surface area (Å²) in [6.07, 6.45) is 7.64. The predicted molar refractivity (Wildman–Crippen MR) is 75.4 cm³/mol. The van der Waals surface area contributed by atoms with Crippen molar-refractivity contribution in [1.82, 2.24) is 0 Å². The van der Waals surface area contributed by atoms with Crippen LogP contribution in [0.5, 0.6) is 0 Å². The second-order valence-corrected chi connectivity index (χ2v) is 6.97. The minimum Gasteiger partial charge on any atom is -0.459 e. The third-order valence-electron chi connectivity index (χ3n) is 4.29. The van der Waals surface area contributed by atoms with Crippen LogP contribution in [0.1, 0.15) is 79.6 Å². The standard InChI is InChI=1S/C16H30O2/c1-6-15(4,5)14(17)18-16(12-13(2)3)10-8-7-9-11-16/h13H,6-12H2,1-5H3. The molecule has 0 unspecified atom stereocenters. The molecule has 0 aromatic heterocycles. The minimum atomic E-state index is -0.346. The maximum atomic E-state index is 12.3. The van der Waals surface area contributed by atoms with Gasteiger partial charge < -0.3 is 4.74 Å². The van der Waals surface area contributed by atoms with Crippen LogP contribution in [0.2, 0.25) is 0 Å². The monoisotopic (exact) mass is 254 g/mol. The van der Waals surface area contributed by atoms with Gasteiger partial charge in [-0.05, 0) is 58.3 Å². The van der Waals surface area contributed by atoms with Crippen molar-refractivity contribution >= 4 is 5.97 Å². The van der Waals surface area contributed by atoms with Gasteiger partial charge in [0, 0.05) is 0 Å². The highest BCUT2D eigenvalue weighted by Gasteiger charge is 2.39. The lowest BCUT2D eigenvalue weighted by molar-refractivity contribution is -0.176. The number of esters is 1. The van der Waals surface area contributed by atoms with Crippen molar-refractivity contribution in [3.63, 3.8) is 0 Å². The number of carbonyl (C=O) groups is 1. The second kappa shape index (κ2) is 6.08. The molecule has 0 amide bonds. The molecular weight excluding hydrogens is 224 g/mol. The average Bonchev–Trinajstić information content (AvgIpc) is 2.28. The molecule has 1 fully saturated rings. The number of hydrogen-bond acceptors (Lipinski definition) is 2. The lowest BCUT2D eigenvalue weighted by atomic mass is 9.78. The number of carbonyl (C=O) groups excluding carboxylic acids is 1. The highest BCUT2D eigenvalue weighted by molar-refractivity contribution is 5.76. The fourth-order valence-electron chi connectivity index (χ4n) is 2.77. The zero-order valence-corrected chi connectivity index (χ0v) is 12.8. The molecule has 1 rings (SSSR count). The van der Waals surface area contributed by atoms with Crippen LogP contribution in [0.4, 0.5) is 0 Å². The zero-order valence-electron chi connectivity index (χ0n) is 12.8. The summed E-state index contributed by atoms with van der Waals surface area (Å²) in [7, 11) is 0. The van der Waals surface area contributed by atoms with Crippen LogP contribution in [-0.2, 0) is 9.53 Å². The molecule has 0 spiro atoms. The van der Waals surface area contributed by atoms with E-state index in [4.69, 9.17) is 4.74 Å². The molecule has 2 heteroatoms. The van der Waals surface area contributed by atoms with E-state index in [9.17, 15) is 4.79 Å². The Morgan fingerprint density at radius 2 is 1.78 bits per heavy atom. The van der Waals surface area contributed by atoms with Crippen LogP contribution in [0.15, 0.2) is 0 Å². The van der Waals surface area contributed by atoms with Crippen molar-refractivity contribution in [1.29, 1.82) is 0 Å². The first kappa shape index (κ1) is 15.5. The summed E-state index contributed by atoms with van der Waals surface area (Å²) in [5.41, 5.74) is -0.517. The highest BCUT2D eigenvalue weighted by atomic mass is 16.6. The summed E-state index contributed by atoms with van der Waals surface area (Å²) >= 11 is 0. The van der Waals surface area contributed by atoms with Gasteiger partial charge in [0.2, 0.25) is 0 Å². The van der Waals surface area contributed by atoms with E-state index in [1.807, 2.05) is 13.8 Å². The Balaban J connectivity index is 2.75. The molecule has 2 nitrogen and oxygen atoms in total. The molecule has 0 aromatic carbocycles. The van der Waals surface area contributed by atoms with Gasteiger partial charge in [-0.25, -0.2) is 0 Å². The molecule has 1 aliphatic rings. The van der Waals surface area contributed by atoms with Crippen LogP contribution in [-0.4, -0.2) is 11.6 Å². The number of ether oxygens (including phenoxy) is 1. The summed E-state index contributed by atoms with van der Waals surface area (Å²) in [5.74, 6) is 0.577. The van der Waals surface area contributed by atoms with Crippen LogP contribution in [0.25, 0.3) is 0 Å². The van der Waals surface area contributed by atoms with Crippen molar-refractivity contribution in [3.05, 3.63) is 0 Å². The van der Waals surface area contributed by atoms with E-state index in [0.29, 0.717) is 5.92 Å². The minimum absolute atomic E-state index is 0.00690. The quantitative estimate of drug-likeness (QED) is 0.664. The average molecular weight is 254 g/mol. The molecule has 18 heavy (non-hydrogen) atoms. The van der Waals surface area contributed by atoms with E-state index in [2.05, 4.69) is 20.8 Å². The Morgan fingerprint density at radius 1 is 1.22 bits per heavy atom. The zero-order chi connectivity index (χ0) is 13.8. The van der Waals surface area contributed by atoms with Gasteiger partial charge in [0.1, 0.15) is 5.60 Å². The number of hydrogen-bond donors (Lipinski definition) is 0. The molecule has 0 aliphatic heterocycles. The molecule has 0 aromatic rings. The second-order valence-electron chi connectivity index (χ2n) is 6.97. The summed E-state index contributed by atoms with van der Waals surface area (Å²) in [6, 6.07) is 0. The molecule has 0 atom stereocenters. The van der Waals surface area contributed by atoms with Gasteiger partial charge in [-0.15, -0.1) is 0 Å². The first-order chi connectivity index (χ1) is 8.31. The summed E-state index contributed by atoms with van der Waals surface area (Å²) in [5, 5.41) is 0. The van der Waals surface area contributed by atoms with Gasteiger partial charge in [-0.2, -0.15) is 0 Å². The SMILES string of the molecule is CCC(C)(C)C(=O)OC1(CC(C)C)CCCCC1. The van der Waals surface area contributed by atoms with E-state index < -0.39 is 0 Å².